The third-order valence-electron chi connectivity index (χ3n) is 5.21. The Labute approximate surface area is 209 Å². The highest BCUT2D eigenvalue weighted by atomic mass is 19.4. The average molecular weight is 520 g/mol. The number of nitrogen functional groups attached to an aromatic ring is 1. The summed E-state index contributed by atoms with van der Waals surface area (Å²) in [5.74, 6) is -0.907. The molecule has 2 aromatic carbocycles. The van der Waals surface area contributed by atoms with Gasteiger partial charge in [0.05, 0.1) is 25.8 Å². The molecule has 1 unspecified atom stereocenters. The highest BCUT2D eigenvalue weighted by Gasteiger charge is 2.38. The number of hydrogen-bond donors (Lipinski definition) is 3. The molecule has 10 nitrogen and oxygen atoms in total. The number of aliphatic carboxylic acids is 1. The lowest BCUT2D eigenvalue weighted by Gasteiger charge is -2.25. The van der Waals surface area contributed by atoms with Crippen LogP contribution in [0.5, 0.6) is 17.2 Å². The van der Waals surface area contributed by atoms with E-state index in [4.69, 9.17) is 29.8 Å². The molecule has 196 valence electrons. The molecular weight excluding hydrogens is 497 g/mol. The first kappa shape index (κ1) is 27.0. The van der Waals surface area contributed by atoms with Crippen molar-refractivity contribution in [1.82, 2.24) is 9.97 Å². The molecule has 4 rings (SSSR count). The van der Waals surface area contributed by atoms with Gasteiger partial charge < -0.3 is 30.4 Å². The fourth-order valence-corrected chi connectivity index (χ4v) is 3.41. The lowest BCUT2D eigenvalue weighted by Crippen LogP contribution is -2.32. The molecule has 1 atom stereocenters. The number of benzene rings is 2. The minimum Gasteiger partial charge on any atom is -0.497 e. The minimum atomic E-state index is -5.08. The molecule has 0 spiro atoms. The van der Waals surface area contributed by atoms with E-state index in [0.29, 0.717) is 30.2 Å². The summed E-state index contributed by atoms with van der Waals surface area (Å²) in [7, 11) is 3.18. The third-order valence-corrected chi connectivity index (χ3v) is 5.21. The number of nitrogens with zero attached hydrogens (tertiary/aromatic N) is 2. The van der Waals surface area contributed by atoms with Gasteiger partial charge in [0.2, 0.25) is 11.9 Å². The van der Waals surface area contributed by atoms with Crippen molar-refractivity contribution in [3.05, 3.63) is 54.2 Å². The van der Waals surface area contributed by atoms with Crippen molar-refractivity contribution < 1.29 is 42.1 Å². The van der Waals surface area contributed by atoms with Crippen molar-refractivity contribution in [2.75, 3.05) is 31.9 Å². The summed E-state index contributed by atoms with van der Waals surface area (Å²) >= 11 is 0. The molecule has 3 aromatic rings. The van der Waals surface area contributed by atoms with Crippen LogP contribution < -0.4 is 25.3 Å². The van der Waals surface area contributed by atoms with Gasteiger partial charge in [-0.15, -0.1) is 0 Å². The molecule has 1 amide bonds. The highest BCUT2D eigenvalue weighted by Crippen LogP contribution is 2.33. The number of fused-ring (bicyclic) bond motifs is 1. The molecule has 0 bridgehead atoms. The predicted octanol–water partition coefficient (Wildman–Crippen LogP) is 3.57. The quantitative estimate of drug-likeness (QED) is 0.460. The van der Waals surface area contributed by atoms with Crippen molar-refractivity contribution in [3.8, 4) is 28.5 Å². The van der Waals surface area contributed by atoms with Crippen LogP contribution in [0, 0.1) is 5.92 Å². The fourth-order valence-electron chi connectivity index (χ4n) is 3.41. The molecular formula is C24H23F3N4O6. The number of ether oxygens (including phenoxy) is 3. The van der Waals surface area contributed by atoms with Gasteiger partial charge in [0.25, 0.3) is 0 Å². The number of hydrogen-bond acceptors (Lipinski definition) is 8. The molecule has 0 aliphatic carbocycles. The van der Waals surface area contributed by atoms with Gasteiger partial charge in [-0.05, 0) is 48.4 Å². The Morgan fingerprint density at radius 3 is 2.49 bits per heavy atom. The zero-order chi connectivity index (χ0) is 27.2. The number of alkyl halides is 3. The molecule has 0 saturated heterocycles. The Kier molecular flexibility index (Phi) is 8.37. The van der Waals surface area contributed by atoms with Gasteiger partial charge in [0, 0.05) is 23.5 Å². The number of methoxy groups -OCH3 is 2. The van der Waals surface area contributed by atoms with Crippen LogP contribution in [0.1, 0.15) is 5.56 Å². The first-order chi connectivity index (χ1) is 17.5. The van der Waals surface area contributed by atoms with Gasteiger partial charge >= 0.3 is 12.1 Å². The molecule has 2 heterocycles. The monoisotopic (exact) mass is 520 g/mol. The van der Waals surface area contributed by atoms with Crippen LogP contribution in [0.4, 0.5) is 24.8 Å². The van der Waals surface area contributed by atoms with Crippen molar-refractivity contribution in [2.45, 2.75) is 12.6 Å². The second-order valence-electron chi connectivity index (χ2n) is 7.69. The summed E-state index contributed by atoms with van der Waals surface area (Å²) in [5.41, 5.74) is 8.65. The lowest BCUT2D eigenvalue weighted by molar-refractivity contribution is -0.192. The second-order valence-corrected chi connectivity index (χ2v) is 7.69. The number of anilines is 2. The first-order valence-electron chi connectivity index (χ1n) is 10.7. The van der Waals surface area contributed by atoms with Crippen LogP contribution in [-0.2, 0) is 16.0 Å². The lowest BCUT2D eigenvalue weighted by atomic mass is 9.95. The van der Waals surface area contributed by atoms with Crippen LogP contribution in [0.3, 0.4) is 0 Å². The smallest absolute Gasteiger partial charge is 0.490 e. The van der Waals surface area contributed by atoms with E-state index in [-0.39, 0.29) is 17.8 Å². The fraction of sp³-hybridized carbons (Fsp3) is 0.250. The minimum absolute atomic E-state index is 0.121. The molecule has 0 radical (unpaired) electrons. The van der Waals surface area contributed by atoms with Crippen molar-refractivity contribution in [2.24, 2.45) is 5.92 Å². The van der Waals surface area contributed by atoms with Crippen LogP contribution in [-0.4, -0.2) is 54.0 Å². The molecule has 1 aliphatic heterocycles. The number of carboxylic acid groups (broad SMARTS) is 1. The number of carboxylic acids is 1. The molecule has 13 heteroatoms. The maximum absolute atomic E-state index is 12.8. The van der Waals surface area contributed by atoms with Crippen LogP contribution in [0.15, 0.2) is 48.7 Å². The van der Waals surface area contributed by atoms with Crippen LogP contribution in [0.2, 0.25) is 0 Å². The normalized spacial score (nSPS) is 14.2. The number of halogens is 3. The SMILES string of the molecule is COc1ccc2c(c1)CC(C(=O)Nc1ccc(-c3ccnc(N)n3)c(OC)c1)CO2.O=C(O)C(F)(F)F. The maximum Gasteiger partial charge on any atom is 0.490 e. The van der Waals surface area contributed by atoms with Crippen LogP contribution in [0.25, 0.3) is 11.3 Å². The number of nitrogens with one attached hydrogen (secondary N) is 1. The summed E-state index contributed by atoms with van der Waals surface area (Å²) < 4.78 is 48.3. The van der Waals surface area contributed by atoms with Gasteiger partial charge in [0.15, 0.2) is 0 Å². The second kappa shape index (κ2) is 11.5. The number of amides is 1. The first-order valence-corrected chi connectivity index (χ1v) is 10.7. The summed E-state index contributed by atoms with van der Waals surface area (Å²) in [6.45, 7) is 0.320. The topological polar surface area (TPSA) is 146 Å². The Morgan fingerprint density at radius 2 is 1.86 bits per heavy atom. The van der Waals surface area contributed by atoms with E-state index in [1.165, 1.54) is 0 Å². The highest BCUT2D eigenvalue weighted by molar-refractivity contribution is 5.93. The van der Waals surface area contributed by atoms with E-state index in [1.54, 1.807) is 38.6 Å². The van der Waals surface area contributed by atoms with E-state index in [2.05, 4.69) is 15.3 Å². The Bertz CT molecular complexity index is 1290. The molecule has 1 aliphatic rings. The van der Waals surface area contributed by atoms with Gasteiger partial charge in [-0.2, -0.15) is 13.2 Å². The molecule has 0 saturated carbocycles. The van der Waals surface area contributed by atoms with Crippen molar-refractivity contribution in [3.63, 3.8) is 0 Å². The molecule has 0 fully saturated rings. The number of aromatic nitrogens is 2. The molecule has 4 N–H and O–H groups in total. The van der Waals surface area contributed by atoms with E-state index in [1.807, 2.05) is 24.3 Å². The number of carbonyl (C=O) groups excluding carboxylic acids is 1. The third kappa shape index (κ3) is 6.99. The summed E-state index contributed by atoms with van der Waals surface area (Å²) in [4.78, 5) is 29.9. The zero-order valence-corrected chi connectivity index (χ0v) is 19.7. The Hall–Kier alpha value is -4.55. The van der Waals surface area contributed by atoms with Gasteiger partial charge in [-0.3, -0.25) is 4.79 Å². The van der Waals surface area contributed by atoms with Crippen molar-refractivity contribution in [1.29, 1.82) is 0 Å². The maximum atomic E-state index is 12.8. The van der Waals surface area contributed by atoms with Gasteiger partial charge in [0.1, 0.15) is 23.9 Å². The number of nitrogens with two attached hydrogens (primary N) is 1. The van der Waals surface area contributed by atoms with Crippen LogP contribution >= 0.6 is 0 Å². The summed E-state index contributed by atoms with van der Waals surface area (Å²) in [6.07, 6.45) is -2.92. The molecule has 37 heavy (non-hydrogen) atoms. The standard InChI is InChI=1S/C22H22N4O4.C2HF3O2/c1-28-16-4-6-19-13(10-16)9-14(12-30-19)21(27)25-15-3-5-17(20(11-15)29-2)18-7-8-24-22(23)26-18;3-2(4,5)1(6)7/h3-8,10-11,14H,9,12H2,1-2H3,(H,25,27)(H2,23,24,26);(H,6,7). The van der Waals surface area contributed by atoms with E-state index in [9.17, 15) is 18.0 Å². The molecule has 1 aromatic heterocycles. The summed E-state index contributed by atoms with van der Waals surface area (Å²) in [5, 5.41) is 10.1. The zero-order valence-electron chi connectivity index (χ0n) is 19.7. The average Bonchev–Trinajstić information content (AvgIpc) is 2.87. The Morgan fingerprint density at radius 1 is 1.14 bits per heavy atom. The van der Waals surface area contributed by atoms with E-state index >= 15 is 0 Å². The van der Waals surface area contributed by atoms with E-state index < -0.39 is 12.1 Å². The number of carbonyl (C=O) groups is 2. The predicted molar refractivity (Wildman–Crippen MR) is 126 cm³/mol. The van der Waals surface area contributed by atoms with Crippen molar-refractivity contribution >= 4 is 23.5 Å². The number of rotatable bonds is 5. The van der Waals surface area contributed by atoms with E-state index in [0.717, 1.165) is 22.6 Å². The van der Waals surface area contributed by atoms with Gasteiger partial charge in [-0.25, -0.2) is 14.8 Å². The van der Waals surface area contributed by atoms with Gasteiger partial charge in [-0.1, -0.05) is 0 Å². The largest absolute Gasteiger partial charge is 0.497 e. The summed E-state index contributed by atoms with van der Waals surface area (Å²) in [6, 6.07) is 12.7. The Balaban J connectivity index is 0.000000479.